The molecule has 6 nitrogen and oxygen atoms in total. The van der Waals surface area contributed by atoms with Crippen LogP contribution in [0.25, 0.3) is 0 Å². The number of hydrogen-bond donors (Lipinski definition) is 2. The molecule has 2 rings (SSSR count). The molecule has 0 spiro atoms. The van der Waals surface area contributed by atoms with E-state index in [0.717, 1.165) is 0 Å². The fraction of sp³-hybridized carbons (Fsp3) is 0.154. The van der Waals surface area contributed by atoms with Gasteiger partial charge in [0, 0.05) is 6.20 Å². The summed E-state index contributed by atoms with van der Waals surface area (Å²) in [7, 11) is 0. The lowest BCUT2D eigenvalue weighted by Gasteiger charge is -2.07. The number of carbonyl (C=O) groups is 2. The average Bonchev–Trinajstić information content (AvgIpc) is 2.92. The SMILES string of the molecule is CC(C(=O)O)n1cc(C(=O)Nc2cccc(Cl)c2Cl)cn1. The number of rotatable bonds is 4. The molecule has 0 aliphatic heterocycles. The minimum absolute atomic E-state index is 0.221. The molecule has 1 amide bonds. The molecule has 21 heavy (non-hydrogen) atoms. The molecule has 2 aromatic rings. The lowest BCUT2D eigenvalue weighted by Crippen LogP contribution is -2.16. The van der Waals surface area contributed by atoms with E-state index in [0.29, 0.717) is 10.7 Å². The Hall–Kier alpha value is -2.05. The van der Waals surface area contributed by atoms with E-state index < -0.39 is 17.9 Å². The van der Waals surface area contributed by atoms with Gasteiger partial charge >= 0.3 is 5.97 Å². The molecule has 0 radical (unpaired) electrons. The first-order chi connectivity index (χ1) is 9.90. The van der Waals surface area contributed by atoms with Crippen molar-refractivity contribution < 1.29 is 14.7 Å². The smallest absolute Gasteiger partial charge is 0.328 e. The normalized spacial score (nSPS) is 12.0. The third kappa shape index (κ3) is 3.34. The van der Waals surface area contributed by atoms with Gasteiger partial charge in [-0.2, -0.15) is 5.10 Å². The van der Waals surface area contributed by atoms with Gasteiger partial charge in [-0.3, -0.25) is 9.48 Å². The first-order valence-electron chi connectivity index (χ1n) is 5.92. The quantitative estimate of drug-likeness (QED) is 0.903. The number of carboxylic acids is 1. The zero-order valence-corrected chi connectivity index (χ0v) is 12.4. The van der Waals surface area contributed by atoms with Crippen molar-refractivity contribution in [3.63, 3.8) is 0 Å². The van der Waals surface area contributed by atoms with Crippen LogP contribution in [-0.2, 0) is 4.79 Å². The summed E-state index contributed by atoms with van der Waals surface area (Å²) >= 11 is 11.8. The fourth-order valence-electron chi connectivity index (χ4n) is 1.58. The average molecular weight is 328 g/mol. The van der Waals surface area contributed by atoms with Crippen molar-refractivity contribution in [3.8, 4) is 0 Å². The van der Waals surface area contributed by atoms with Crippen molar-refractivity contribution in [3.05, 3.63) is 46.2 Å². The first-order valence-corrected chi connectivity index (χ1v) is 6.68. The van der Waals surface area contributed by atoms with Crippen LogP contribution >= 0.6 is 23.2 Å². The third-order valence-electron chi connectivity index (χ3n) is 2.82. The fourth-order valence-corrected chi connectivity index (χ4v) is 1.92. The molecule has 8 heteroatoms. The Morgan fingerprint density at radius 3 is 2.76 bits per heavy atom. The molecule has 2 N–H and O–H groups in total. The molecule has 1 unspecified atom stereocenters. The van der Waals surface area contributed by atoms with Crippen LogP contribution in [0.3, 0.4) is 0 Å². The van der Waals surface area contributed by atoms with Gasteiger partial charge in [0.05, 0.1) is 27.5 Å². The lowest BCUT2D eigenvalue weighted by molar-refractivity contribution is -0.140. The van der Waals surface area contributed by atoms with Crippen LogP contribution < -0.4 is 5.32 Å². The van der Waals surface area contributed by atoms with E-state index in [1.165, 1.54) is 24.0 Å². The Morgan fingerprint density at radius 1 is 1.38 bits per heavy atom. The minimum Gasteiger partial charge on any atom is -0.480 e. The number of aromatic nitrogens is 2. The first kappa shape index (κ1) is 15.3. The summed E-state index contributed by atoms with van der Waals surface area (Å²) in [6, 6.07) is 4.00. The number of aliphatic carboxylic acids is 1. The van der Waals surface area contributed by atoms with Gasteiger partial charge in [0.2, 0.25) is 0 Å². The summed E-state index contributed by atoms with van der Waals surface area (Å²) in [5, 5.41) is 15.9. The maximum Gasteiger partial charge on any atom is 0.328 e. The molecule has 0 aliphatic rings. The highest BCUT2D eigenvalue weighted by Gasteiger charge is 2.17. The van der Waals surface area contributed by atoms with Crippen molar-refractivity contribution in [1.82, 2.24) is 9.78 Å². The molecular weight excluding hydrogens is 317 g/mol. The van der Waals surface area contributed by atoms with Gasteiger partial charge in [0.25, 0.3) is 5.91 Å². The summed E-state index contributed by atoms with van der Waals surface area (Å²) in [6.07, 6.45) is 2.64. The molecule has 0 fully saturated rings. The molecule has 1 aromatic carbocycles. The van der Waals surface area contributed by atoms with Crippen LogP contribution in [0.4, 0.5) is 5.69 Å². The monoisotopic (exact) mass is 327 g/mol. The van der Waals surface area contributed by atoms with Crippen molar-refractivity contribution in [2.45, 2.75) is 13.0 Å². The minimum atomic E-state index is -1.04. The number of benzene rings is 1. The number of carbonyl (C=O) groups excluding carboxylic acids is 1. The summed E-state index contributed by atoms with van der Waals surface area (Å²) in [4.78, 5) is 22.9. The Balaban J connectivity index is 2.18. The topological polar surface area (TPSA) is 84.2 Å². The van der Waals surface area contributed by atoms with E-state index in [9.17, 15) is 9.59 Å². The van der Waals surface area contributed by atoms with Crippen molar-refractivity contribution in [2.75, 3.05) is 5.32 Å². The van der Waals surface area contributed by atoms with Crippen LogP contribution in [0, 0.1) is 0 Å². The maximum atomic E-state index is 12.1. The molecule has 1 aromatic heterocycles. The largest absolute Gasteiger partial charge is 0.480 e. The van der Waals surface area contributed by atoms with Gasteiger partial charge in [0.15, 0.2) is 0 Å². The summed E-state index contributed by atoms with van der Waals surface area (Å²) in [6.45, 7) is 1.46. The standard InChI is InChI=1S/C13H11Cl2N3O3/c1-7(13(20)21)18-6-8(5-16-18)12(19)17-10-4-2-3-9(14)11(10)15/h2-7H,1H3,(H,17,19)(H,20,21). The van der Waals surface area contributed by atoms with Crippen molar-refractivity contribution in [2.24, 2.45) is 0 Å². The van der Waals surface area contributed by atoms with Gasteiger partial charge in [0.1, 0.15) is 6.04 Å². The molecular formula is C13H11Cl2N3O3. The van der Waals surface area contributed by atoms with Crippen molar-refractivity contribution in [1.29, 1.82) is 0 Å². The summed E-state index contributed by atoms with van der Waals surface area (Å²) < 4.78 is 1.19. The van der Waals surface area contributed by atoms with Gasteiger partial charge in [-0.25, -0.2) is 4.79 Å². The van der Waals surface area contributed by atoms with Crippen LogP contribution in [-0.4, -0.2) is 26.8 Å². The second-order valence-electron chi connectivity index (χ2n) is 4.28. The maximum absolute atomic E-state index is 12.1. The molecule has 0 aliphatic carbocycles. The highest BCUT2D eigenvalue weighted by Crippen LogP contribution is 2.29. The molecule has 0 saturated carbocycles. The number of hydrogen-bond acceptors (Lipinski definition) is 3. The second kappa shape index (κ2) is 6.15. The van der Waals surface area contributed by atoms with E-state index in [4.69, 9.17) is 28.3 Å². The van der Waals surface area contributed by atoms with Crippen LogP contribution in [0.1, 0.15) is 23.3 Å². The van der Waals surface area contributed by atoms with E-state index in [-0.39, 0.29) is 10.6 Å². The van der Waals surface area contributed by atoms with E-state index in [1.807, 2.05) is 0 Å². The zero-order chi connectivity index (χ0) is 15.6. The van der Waals surface area contributed by atoms with Crippen LogP contribution in [0.15, 0.2) is 30.6 Å². The summed E-state index contributed by atoms with van der Waals surface area (Å²) in [5.41, 5.74) is 0.590. The molecule has 0 bridgehead atoms. The number of nitrogens with one attached hydrogen (secondary N) is 1. The van der Waals surface area contributed by atoms with E-state index >= 15 is 0 Å². The van der Waals surface area contributed by atoms with Gasteiger partial charge in [-0.15, -0.1) is 0 Å². The van der Waals surface area contributed by atoms with Crippen LogP contribution in [0.2, 0.25) is 10.0 Å². The molecule has 1 heterocycles. The highest BCUT2D eigenvalue weighted by molar-refractivity contribution is 6.44. The number of halogens is 2. The Morgan fingerprint density at radius 2 is 2.10 bits per heavy atom. The zero-order valence-electron chi connectivity index (χ0n) is 10.9. The van der Waals surface area contributed by atoms with E-state index in [2.05, 4.69) is 10.4 Å². The van der Waals surface area contributed by atoms with Gasteiger partial charge in [-0.05, 0) is 19.1 Å². The Labute approximate surface area is 130 Å². The van der Waals surface area contributed by atoms with E-state index in [1.54, 1.807) is 18.2 Å². The van der Waals surface area contributed by atoms with Gasteiger partial charge < -0.3 is 10.4 Å². The Kier molecular flexibility index (Phi) is 4.50. The summed E-state index contributed by atoms with van der Waals surface area (Å²) in [5.74, 6) is -1.49. The second-order valence-corrected chi connectivity index (χ2v) is 5.06. The lowest BCUT2D eigenvalue weighted by atomic mass is 10.3. The van der Waals surface area contributed by atoms with Crippen LogP contribution in [0.5, 0.6) is 0 Å². The highest BCUT2D eigenvalue weighted by atomic mass is 35.5. The number of nitrogens with zero attached hydrogens (tertiary/aromatic N) is 2. The molecule has 0 saturated heterocycles. The number of carboxylic acid groups (broad SMARTS) is 1. The number of amides is 1. The third-order valence-corrected chi connectivity index (χ3v) is 3.64. The number of anilines is 1. The molecule has 110 valence electrons. The van der Waals surface area contributed by atoms with Crippen molar-refractivity contribution >= 4 is 40.8 Å². The predicted octanol–water partition coefficient (Wildman–Crippen LogP) is 3.09. The molecule has 1 atom stereocenters. The van der Waals surface area contributed by atoms with Gasteiger partial charge in [-0.1, -0.05) is 29.3 Å². The Bertz CT molecular complexity index is 700. The predicted molar refractivity (Wildman–Crippen MR) is 79.0 cm³/mol.